The van der Waals surface area contributed by atoms with Crippen molar-refractivity contribution in [3.63, 3.8) is 0 Å². The lowest BCUT2D eigenvalue weighted by Gasteiger charge is -2.35. The number of nitriles is 1. The molecule has 106 valence electrons. The fourth-order valence-corrected chi connectivity index (χ4v) is 3.17. The molecule has 0 aliphatic carbocycles. The Morgan fingerprint density at radius 3 is 2.89 bits per heavy atom. The van der Waals surface area contributed by atoms with Crippen LogP contribution in [0.3, 0.4) is 0 Å². The number of piperidine rings is 1. The van der Waals surface area contributed by atoms with Crippen LogP contribution >= 0.6 is 0 Å². The Balaban J connectivity index is 1.90. The zero-order valence-corrected chi connectivity index (χ0v) is 11.7. The van der Waals surface area contributed by atoms with Crippen molar-refractivity contribution < 1.29 is 4.79 Å². The minimum absolute atomic E-state index is 0.0178. The highest BCUT2D eigenvalue weighted by Crippen LogP contribution is 2.24. The highest BCUT2D eigenvalue weighted by Gasteiger charge is 2.35. The molecule has 19 heavy (non-hydrogen) atoms. The molecule has 2 fully saturated rings. The molecule has 2 atom stereocenters. The molecule has 2 N–H and O–H groups in total. The average Bonchev–Trinajstić information content (AvgIpc) is 2.89. The third-order valence-corrected chi connectivity index (χ3v) is 4.16. The van der Waals surface area contributed by atoms with Crippen LogP contribution in [0.5, 0.6) is 0 Å². The number of carbonyl (C=O) groups is 1. The molecule has 2 aliphatic heterocycles. The molecule has 2 saturated heterocycles. The van der Waals surface area contributed by atoms with Crippen LogP contribution in [0.4, 0.5) is 0 Å². The number of likely N-dealkylation sites (tertiary alicyclic amines) is 1. The minimum atomic E-state index is -0.0482. The zero-order valence-electron chi connectivity index (χ0n) is 11.7. The van der Waals surface area contributed by atoms with Crippen LogP contribution in [0.2, 0.25) is 0 Å². The maximum atomic E-state index is 12.3. The Morgan fingerprint density at radius 2 is 2.21 bits per heavy atom. The molecule has 2 heterocycles. The Kier molecular flexibility index (Phi) is 5.17. The molecule has 5 heteroatoms. The van der Waals surface area contributed by atoms with E-state index in [1.54, 1.807) is 0 Å². The van der Waals surface area contributed by atoms with Gasteiger partial charge in [0.2, 0.25) is 5.91 Å². The smallest absolute Gasteiger partial charge is 0.237 e. The molecule has 0 aromatic rings. The van der Waals surface area contributed by atoms with E-state index in [4.69, 9.17) is 5.26 Å². The molecule has 2 unspecified atom stereocenters. The summed E-state index contributed by atoms with van der Waals surface area (Å²) in [5, 5.41) is 15.0. The molecule has 2 aliphatic rings. The van der Waals surface area contributed by atoms with Gasteiger partial charge in [0.25, 0.3) is 0 Å². The summed E-state index contributed by atoms with van der Waals surface area (Å²) in [5.41, 5.74) is 0. The maximum absolute atomic E-state index is 12.3. The number of hydrogen-bond donors (Lipinski definition) is 2. The molecular formula is C14H24N4O. The quantitative estimate of drug-likeness (QED) is 0.781. The zero-order chi connectivity index (χ0) is 13.7. The summed E-state index contributed by atoms with van der Waals surface area (Å²) in [6, 6.07) is 2.62. The molecule has 0 aromatic heterocycles. The Bertz CT molecular complexity index is 346. The second-order valence-corrected chi connectivity index (χ2v) is 5.65. The first-order valence-corrected chi connectivity index (χ1v) is 7.36. The van der Waals surface area contributed by atoms with E-state index in [0.29, 0.717) is 12.5 Å². The molecule has 0 saturated carbocycles. The first-order chi connectivity index (χ1) is 9.22. The van der Waals surface area contributed by atoms with Gasteiger partial charge >= 0.3 is 0 Å². The first kappa shape index (κ1) is 14.3. The van der Waals surface area contributed by atoms with Crippen LogP contribution in [0.25, 0.3) is 0 Å². The van der Waals surface area contributed by atoms with E-state index in [0.717, 1.165) is 45.3 Å². The van der Waals surface area contributed by atoms with Crippen molar-refractivity contribution in [2.45, 2.75) is 57.2 Å². The highest BCUT2D eigenvalue weighted by molar-refractivity contribution is 5.82. The van der Waals surface area contributed by atoms with E-state index < -0.39 is 0 Å². The standard InChI is InChI=1S/C14H24N4O/c1-11(4-7-15)17-14(19)13-3-2-10-18(13)12-5-8-16-9-6-12/h11-13,16H,2-6,8-10H2,1H3,(H,17,19). The lowest BCUT2D eigenvalue weighted by Crippen LogP contribution is -2.52. The van der Waals surface area contributed by atoms with Gasteiger partial charge in [0.05, 0.1) is 18.5 Å². The summed E-state index contributed by atoms with van der Waals surface area (Å²) in [5.74, 6) is 0.110. The van der Waals surface area contributed by atoms with Gasteiger partial charge in [-0.05, 0) is 52.2 Å². The van der Waals surface area contributed by atoms with E-state index in [1.807, 2.05) is 6.92 Å². The molecule has 2 rings (SSSR count). The molecular weight excluding hydrogens is 240 g/mol. The predicted octanol–water partition coefficient (Wildman–Crippen LogP) is 0.621. The molecule has 0 aromatic carbocycles. The van der Waals surface area contributed by atoms with Gasteiger partial charge in [-0.3, -0.25) is 9.69 Å². The van der Waals surface area contributed by atoms with Crippen molar-refractivity contribution in [1.82, 2.24) is 15.5 Å². The molecule has 0 spiro atoms. The lowest BCUT2D eigenvalue weighted by atomic mass is 10.0. The van der Waals surface area contributed by atoms with Gasteiger partial charge in [-0.25, -0.2) is 0 Å². The largest absolute Gasteiger partial charge is 0.351 e. The Labute approximate surface area is 115 Å². The number of nitrogens with one attached hydrogen (secondary N) is 2. The van der Waals surface area contributed by atoms with Crippen molar-refractivity contribution in [3.8, 4) is 6.07 Å². The van der Waals surface area contributed by atoms with Crippen LogP contribution in [-0.2, 0) is 4.79 Å². The van der Waals surface area contributed by atoms with Crippen molar-refractivity contribution in [2.24, 2.45) is 0 Å². The fourth-order valence-electron chi connectivity index (χ4n) is 3.17. The van der Waals surface area contributed by atoms with E-state index in [-0.39, 0.29) is 18.0 Å². The second-order valence-electron chi connectivity index (χ2n) is 5.65. The monoisotopic (exact) mass is 264 g/mol. The van der Waals surface area contributed by atoms with Crippen molar-refractivity contribution >= 4 is 5.91 Å². The highest BCUT2D eigenvalue weighted by atomic mass is 16.2. The summed E-state index contributed by atoms with van der Waals surface area (Å²) >= 11 is 0. The summed E-state index contributed by atoms with van der Waals surface area (Å²) in [4.78, 5) is 14.7. The van der Waals surface area contributed by atoms with Crippen LogP contribution < -0.4 is 10.6 Å². The van der Waals surface area contributed by atoms with E-state index in [2.05, 4.69) is 21.6 Å². The predicted molar refractivity (Wildman–Crippen MR) is 73.5 cm³/mol. The second kappa shape index (κ2) is 6.88. The van der Waals surface area contributed by atoms with E-state index in [9.17, 15) is 4.79 Å². The van der Waals surface area contributed by atoms with Gasteiger partial charge in [0.15, 0.2) is 0 Å². The van der Waals surface area contributed by atoms with Crippen LogP contribution in [0.1, 0.15) is 39.0 Å². The molecule has 0 bridgehead atoms. The number of rotatable bonds is 4. The topological polar surface area (TPSA) is 68.2 Å². The first-order valence-electron chi connectivity index (χ1n) is 7.36. The summed E-state index contributed by atoms with van der Waals surface area (Å²) in [7, 11) is 0. The summed E-state index contributed by atoms with van der Waals surface area (Å²) in [6.07, 6.45) is 4.71. The van der Waals surface area contributed by atoms with Crippen LogP contribution in [0.15, 0.2) is 0 Å². The molecule has 1 amide bonds. The van der Waals surface area contributed by atoms with Gasteiger partial charge in [0, 0.05) is 12.1 Å². The summed E-state index contributed by atoms with van der Waals surface area (Å²) < 4.78 is 0. The van der Waals surface area contributed by atoms with Crippen molar-refractivity contribution in [1.29, 1.82) is 5.26 Å². The number of carbonyl (C=O) groups excluding carboxylic acids is 1. The van der Waals surface area contributed by atoms with Gasteiger partial charge in [-0.2, -0.15) is 5.26 Å². The van der Waals surface area contributed by atoms with Crippen molar-refractivity contribution in [3.05, 3.63) is 0 Å². The van der Waals surface area contributed by atoms with Crippen LogP contribution in [-0.4, -0.2) is 48.6 Å². The van der Waals surface area contributed by atoms with Gasteiger partial charge in [0.1, 0.15) is 0 Å². The number of hydrogen-bond acceptors (Lipinski definition) is 4. The van der Waals surface area contributed by atoms with Crippen LogP contribution in [0, 0.1) is 11.3 Å². The normalized spacial score (nSPS) is 26.8. The van der Waals surface area contributed by atoms with Crippen molar-refractivity contribution in [2.75, 3.05) is 19.6 Å². The Morgan fingerprint density at radius 1 is 1.47 bits per heavy atom. The van der Waals surface area contributed by atoms with Gasteiger partial charge < -0.3 is 10.6 Å². The van der Waals surface area contributed by atoms with E-state index >= 15 is 0 Å². The molecule has 5 nitrogen and oxygen atoms in total. The number of nitrogens with zero attached hydrogens (tertiary/aromatic N) is 2. The summed E-state index contributed by atoms with van der Waals surface area (Å²) in [6.45, 7) is 5.04. The molecule has 0 radical (unpaired) electrons. The van der Waals surface area contributed by atoms with Gasteiger partial charge in [-0.15, -0.1) is 0 Å². The third kappa shape index (κ3) is 3.68. The fraction of sp³-hybridized carbons (Fsp3) is 0.857. The van der Waals surface area contributed by atoms with Gasteiger partial charge in [-0.1, -0.05) is 0 Å². The number of amides is 1. The Hall–Kier alpha value is -1.12. The lowest BCUT2D eigenvalue weighted by molar-refractivity contribution is -0.127. The average molecular weight is 264 g/mol. The SMILES string of the molecule is CC(CC#N)NC(=O)C1CCCN1C1CCNCC1. The minimum Gasteiger partial charge on any atom is -0.351 e. The maximum Gasteiger partial charge on any atom is 0.237 e. The van der Waals surface area contributed by atoms with E-state index in [1.165, 1.54) is 0 Å². The third-order valence-electron chi connectivity index (χ3n) is 4.16.